The number of aromatic nitrogens is 3. The molecule has 0 saturated carbocycles. The summed E-state index contributed by atoms with van der Waals surface area (Å²) in [5, 5.41) is 13.3. The number of allylic oxidation sites excluding steroid dienone is 1. The van der Waals surface area contributed by atoms with Gasteiger partial charge in [-0.2, -0.15) is 0 Å². The highest BCUT2D eigenvalue weighted by Gasteiger charge is 2.20. The van der Waals surface area contributed by atoms with Crippen molar-refractivity contribution in [1.82, 2.24) is 14.8 Å². The highest BCUT2D eigenvalue weighted by Crippen LogP contribution is 2.27. The number of carbonyl (C=O) groups is 1. The van der Waals surface area contributed by atoms with E-state index in [0.717, 1.165) is 11.1 Å². The average Bonchev–Trinajstić information content (AvgIpc) is 3.15. The van der Waals surface area contributed by atoms with Crippen LogP contribution < -0.4 is 10.1 Å². The number of ether oxygens (including phenoxy) is 1. The maximum atomic E-state index is 12.5. The molecule has 1 unspecified atom stereocenters. The number of thioether (sulfide) groups is 1. The second-order valence-corrected chi connectivity index (χ2v) is 8.99. The number of anilines is 1. The molecule has 0 spiro atoms. The van der Waals surface area contributed by atoms with Crippen LogP contribution in [0.3, 0.4) is 0 Å². The maximum Gasteiger partial charge on any atom is 0.234 e. The van der Waals surface area contributed by atoms with Gasteiger partial charge in [0.15, 0.2) is 17.1 Å². The number of benzene rings is 2. The summed E-state index contributed by atoms with van der Waals surface area (Å²) in [5.41, 5.74) is 2.56. The van der Waals surface area contributed by atoms with Gasteiger partial charge >= 0.3 is 0 Å². The van der Waals surface area contributed by atoms with Gasteiger partial charge < -0.3 is 10.1 Å². The number of halogens is 2. The summed E-state index contributed by atoms with van der Waals surface area (Å²) in [5.74, 6) is 1.35. The Bertz CT molecular complexity index is 1130. The summed E-state index contributed by atoms with van der Waals surface area (Å²) in [6.07, 6.45) is 1.39. The number of hydrogen-bond acceptors (Lipinski definition) is 5. The summed E-state index contributed by atoms with van der Waals surface area (Å²) >= 11 is 13.4. The van der Waals surface area contributed by atoms with E-state index in [1.807, 2.05) is 43.5 Å². The van der Waals surface area contributed by atoms with Gasteiger partial charge in [0.05, 0.1) is 5.75 Å². The van der Waals surface area contributed by atoms with E-state index in [1.54, 1.807) is 24.3 Å². The molecule has 0 bridgehead atoms. The van der Waals surface area contributed by atoms with E-state index in [-0.39, 0.29) is 17.8 Å². The van der Waals surface area contributed by atoms with E-state index in [1.165, 1.54) is 11.8 Å². The molecule has 3 rings (SSSR count). The molecule has 1 N–H and O–H groups in total. The monoisotopic (exact) mass is 490 g/mol. The summed E-state index contributed by atoms with van der Waals surface area (Å²) in [4.78, 5) is 12.5. The van der Waals surface area contributed by atoms with Crippen molar-refractivity contribution >= 4 is 46.6 Å². The lowest BCUT2D eigenvalue weighted by Gasteiger charge is -2.16. The van der Waals surface area contributed by atoms with Gasteiger partial charge in [0.25, 0.3) is 0 Å². The third-order valence-corrected chi connectivity index (χ3v) is 6.30. The van der Waals surface area contributed by atoms with E-state index in [0.29, 0.717) is 39.0 Å². The maximum absolute atomic E-state index is 12.5. The van der Waals surface area contributed by atoms with Crippen molar-refractivity contribution in [2.45, 2.75) is 38.6 Å². The van der Waals surface area contributed by atoms with Gasteiger partial charge in [0.2, 0.25) is 5.91 Å². The molecule has 168 valence electrons. The number of nitrogens with zero attached hydrogens (tertiary/aromatic N) is 3. The van der Waals surface area contributed by atoms with Gasteiger partial charge in [-0.05, 0) is 62.2 Å². The third-order valence-electron chi connectivity index (χ3n) is 4.67. The number of rotatable bonds is 9. The molecule has 1 atom stereocenters. The largest absolute Gasteiger partial charge is 0.483 e. The zero-order valence-corrected chi connectivity index (χ0v) is 20.4. The Hall–Kier alpha value is -2.48. The van der Waals surface area contributed by atoms with Crippen LogP contribution in [0.5, 0.6) is 5.75 Å². The minimum atomic E-state index is -0.361. The van der Waals surface area contributed by atoms with Crippen LogP contribution in [-0.2, 0) is 11.3 Å². The summed E-state index contributed by atoms with van der Waals surface area (Å²) in [6, 6.07) is 10.9. The molecule has 6 nitrogen and oxygen atoms in total. The molecule has 32 heavy (non-hydrogen) atoms. The van der Waals surface area contributed by atoms with Crippen LogP contribution in [0.1, 0.15) is 30.0 Å². The summed E-state index contributed by atoms with van der Waals surface area (Å²) in [6.45, 7) is 10.0. The summed E-state index contributed by atoms with van der Waals surface area (Å²) in [7, 11) is 0. The molecule has 0 saturated heterocycles. The number of carbonyl (C=O) groups excluding carboxylic acids is 1. The molecule has 0 fully saturated rings. The Labute approximate surface area is 202 Å². The van der Waals surface area contributed by atoms with Crippen molar-refractivity contribution in [1.29, 1.82) is 0 Å². The molecule has 0 aliphatic carbocycles. The van der Waals surface area contributed by atoms with Crippen LogP contribution in [0.4, 0.5) is 5.69 Å². The zero-order chi connectivity index (χ0) is 23.3. The second kappa shape index (κ2) is 10.9. The number of aryl methyl sites for hydroxylation is 2. The van der Waals surface area contributed by atoms with Crippen LogP contribution >= 0.6 is 35.0 Å². The van der Waals surface area contributed by atoms with Gasteiger partial charge in [-0.25, -0.2) is 0 Å². The molecular weight excluding hydrogens is 467 g/mol. The number of amides is 1. The average molecular weight is 491 g/mol. The van der Waals surface area contributed by atoms with Crippen LogP contribution in [0.2, 0.25) is 10.0 Å². The van der Waals surface area contributed by atoms with Crippen molar-refractivity contribution in [2.75, 3.05) is 11.1 Å². The highest BCUT2D eigenvalue weighted by atomic mass is 35.5. The topological polar surface area (TPSA) is 69.0 Å². The molecule has 1 amide bonds. The molecule has 9 heteroatoms. The fraction of sp³-hybridized carbons (Fsp3) is 0.261. The first kappa shape index (κ1) is 24.2. The first-order valence-corrected chi connectivity index (χ1v) is 11.7. The third kappa shape index (κ3) is 6.06. The Morgan fingerprint density at radius 2 is 2.00 bits per heavy atom. The first-order valence-electron chi connectivity index (χ1n) is 9.94. The normalized spacial score (nSPS) is 11.8. The molecule has 0 radical (unpaired) electrons. The highest BCUT2D eigenvalue weighted by molar-refractivity contribution is 7.99. The van der Waals surface area contributed by atoms with E-state index in [9.17, 15) is 4.79 Å². The minimum absolute atomic E-state index is 0.156. The van der Waals surface area contributed by atoms with E-state index < -0.39 is 0 Å². The molecule has 0 aliphatic rings. The van der Waals surface area contributed by atoms with Crippen LogP contribution in [0.15, 0.2) is 54.2 Å². The standard InChI is InChI=1S/C23H24Cl2N4O2S/c1-5-10-29-22(16(4)31-18-8-9-19(25)15(3)11-18)27-28-23(29)32-13-21(30)26-20-12-17(24)7-6-14(20)2/h5-9,11-12,16H,1,10,13H2,2-4H3,(H,26,30). The molecule has 1 heterocycles. The molecule has 1 aromatic heterocycles. The first-order chi connectivity index (χ1) is 15.3. The molecule has 2 aromatic carbocycles. The van der Waals surface area contributed by atoms with Crippen LogP contribution in [0.25, 0.3) is 0 Å². The van der Waals surface area contributed by atoms with Crippen molar-refractivity contribution in [2.24, 2.45) is 0 Å². The Kier molecular flexibility index (Phi) is 8.23. The van der Waals surface area contributed by atoms with Crippen LogP contribution in [-0.4, -0.2) is 26.4 Å². The van der Waals surface area contributed by atoms with Crippen molar-refractivity contribution < 1.29 is 9.53 Å². The van der Waals surface area contributed by atoms with Gasteiger partial charge in [-0.3, -0.25) is 9.36 Å². The van der Waals surface area contributed by atoms with Crippen molar-refractivity contribution in [3.8, 4) is 5.75 Å². The van der Waals surface area contributed by atoms with Gasteiger partial charge in [-0.1, -0.05) is 47.1 Å². The zero-order valence-electron chi connectivity index (χ0n) is 18.1. The molecule has 0 aliphatic heterocycles. The molecule has 3 aromatic rings. The van der Waals surface area contributed by atoms with Gasteiger partial charge in [-0.15, -0.1) is 16.8 Å². The lowest BCUT2D eigenvalue weighted by molar-refractivity contribution is -0.113. The predicted octanol–water partition coefficient (Wildman–Crippen LogP) is 6.26. The quantitative estimate of drug-likeness (QED) is 0.283. The minimum Gasteiger partial charge on any atom is -0.483 e. The van der Waals surface area contributed by atoms with Crippen molar-refractivity contribution in [3.63, 3.8) is 0 Å². The van der Waals surface area contributed by atoms with E-state index >= 15 is 0 Å². The van der Waals surface area contributed by atoms with Crippen LogP contribution in [0, 0.1) is 13.8 Å². The fourth-order valence-corrected chi connectivity index (χ4v) is 4.05. The lowest BCUT2D eigenvalue weighted by atomic mass is 10.2. The van der Waals surface area contributed by atoms with E-state index in [4.69, 9.17) is 27.9 Å². The Morgan fingerprint density at radius 3 is 2.72 bits per heavy atom. The Morgan fingerprint density at radius 1 is 1.22 bits per heavy atom. The molecular formula is C23H24Cl2N4O2S. The van der Waals surface area contributed by atoms with Crippen molar-refractivity contribution in [3.05, 3.63) is 76.0 Å². The smallest absolute Gasteiger partial charge is 0.234 e. The Balaban J connectivity index is 1.69. The van der Waals surface area contributed by atoms with E-state index in [2.05, 4.69) is 22.1 Å². The summed E-state index contributed by atoms with van der Waals surface area (Å²) < 4.78 is 7.94. The predicted molar refractivity (Wildman–Crippen MR) is 131 cm³/mol. The lowest BCUT2D eigenvalue weighted by Crippen LogP contribution is -2.16. The fourth-order valence-electron chi connectivity index (χ4n) is 3.00. The number of nitrogens with one attached hydrogen (secondary N) is 1. The number of hydrogen-bond donors (Lipinski definition) is 1. The van der Waals surface area contributed by atoms with Gasteiger partial charge in [0, 0.05) is 22.3 Å². The SMILES string of the molecule is C=CCn1c(SCC(=O)Nc2cc(Cl)ccc2C)nnc1C(C)Oc1ccc(Cl)c(C)c1. The second-order valence-electron chi connectivity index (χ2n) is 7.21. The van der Waals surface area contributed by atoms with Gasteiger partial charge in [0.1, 0.15) is 5.75 Å².